The van der Waals surface area contributed by atoms with Crippen molar-refractivity contribution < 1.29 is 66.8 Å². The van der Waals surface area contributed by atoms with Crippen molar-refractivity contribution in [3.8, 4) is 0 Å². The first-order chi connectivity index (χ1) is 32.1. The molecule has 20 heteroatoms. The minimum atomic E-state index is -1.48. The van der Waals surface area contributed by atoms with Crippen LogP contribution in [-0.2, 0) is 74.9 Å². The van der Waals surface area contributed by atoms with Gasteiger partial charge in [0.2, 0.25) is 0 Å². The summed E-state index contributed by atoms with van der Waals surface area (Å²) >= 11 is 0. The Balaban J connectivity index is 1.26. The highest BCUT2D eigenvalue weighted by Gasteiger charge is 2.54. The SMILES string of the molecule is CC(=O)OCC1OC(O)C(N=[N+]=[N-])[C@@H](C)[C@@H]1O[C@@H]1OC(C)[C@H](O[C@@H]2OC(COC(C)=O)[C@@H](O[C@@H]3OC(C)[C@@H](C)[C@@H](OCc4ccccc4)C3C)[C@H](C)C2N=[N+]=[N-])[C@@H](OCc2ccccc2)C1C. The van der Waals surface area contributed by atoms with Crippen LogP contribution in [0.5, 0.6) is 0 Å². The van der Waals surface area contributed by atoms with Gasteiger partial charge in [0.05, 0.1) is 61.9 Å². The normalized spacial score (nSPS) is 38.7. The van der Waals surface area contributed by atoms with Gasteiger partial charge in [-0.3, -0.25) is 9.59 Å². The van der Waals surface area contributed by atoms with E-state index in [2.05, 4.69) is 27.0 Å². The maximum atomic E-state index is 12.3. The van der Waals surface area contributed by atoms with E-state index >= 15 is 0 Å². The molecule has 0 aromatic heterocycles. The standard InChI is InChI=1S/C47H66N6O14/c1-24-29(6)61-45(27(4)39(24)59-20-33-16-12-10-13-17-33)66-41-26(3)38(51-53-49)47(64-36(41)23-58-32(9)55)67-43-30(7)62-46(28(5)42(43)60-21-34-18-14-11-15-19-34)65-40-25(2)37(50-52-48)44(56)63-35(40)22-57-31(8)54/h10-19,24-30,35-47,56H,20-23H2,1-9H3/t24-,25-,26-,27?,28?,29?,30?,35?,36?,37?,38?,39-,40+,41+,42+,43+,44?,45+,46+,47+/m1/s1. The molecule has 0 bridgehead atoms. The third kappa shape index (κ3) is 13.0. The van der Waals surface area contributed by atoms with Gasteiger partial charge in [0.25, 0.3) is 0 Å². The maximum Gasteiger partial charge on any atom is 0.302 e. The molecule has 4 heterocycles. The molecule has 6 rings (SSSR count). The molecular weight excluding hydrogens is 873 g/mol. The van der Waals surface area contributed by atoms with Crippen molar-refractivity contribution in [1.82, 2.24) is 0 Å². The number of carbonyl (C=O) groups excluding carboxylic acids is 2. The summed E-state index contributed by atoms with van der Waals surface area (Å²) in [5, 5.41) is 18.7. The van der Waals surface area contributed by atoms with Crippen LogP contribution < -0.4 is 0 Å². The van der Waals surface area contributed by atoms with Crippen molar-refractivity contribution in [3.63, 3.8) is 0 Å². The van der Waals surface area contributed by atoms with Gasteiger partial charge < -0.3 is 57.2 Å². The molecule has 20 atom stereocenters. The highest BCUT2D eigenvalue weighted by Crippen LogP contribution is 2.41. The van der Waals surface area contributed by atoms with Crippen molar-refractivity contribution in [1.29, 1.82) is 0 Å². The predicted octanol–water partition coefficient (Wildman–Crippen LogP) is 6.91. The van der Waals surface area contributed by atoms with E-state index in [0.29, 0.717) is 6.61 Å². The zero-order chi connectivity index (χ0) is 48.4. The van der Waals surface area contributed by atoms with Gasteiger partial charge in [0.15, 0.2) is 25.2 Å². The van der Waals surface area contributed by atoms with Gasteiger partial charge in [-0.25, -0.2) is 0 Å². The fraction of sp³-hybridized carbons (Fsp3) is 0.702. The number of nitrogens with zero attached hydrogens (tertiary/aromatic N) is 6. The molecule has 20 nitrogen and oxygen atoms in total. The molecular formula is C47H66N6O14. The molecule has 4 fully saturated rings. The Labute approximate surface area is 391 Å². The van der Waals surface area contributed by atoms with Crippen LogP contribution in [0.3, 0.4) is 0 Å². The molecule has 0 radical (unpaired) electrons. The molecule has 4 aliphatic heterocycles. The first-order valence-corrected chi connectivity index (χ1v) is 23.0. The summed E-state index contributed by atoms with van der Waals surface area (Å²) in [6, 6.07) is 17.5. The average molecular weight is 939 g/mol. The minimum Gasteiger partial charge on any atom is -0.463 e. The molecule has 67 heavy (non-hydrogen) atoms. The third-order valence-electron chi connectivity index (χ3n) is 13.4. The third-order valence-corrected chi connectivity index (χ3v) is 13.4. The van der Waals surface area contributed by atoms with E-state index in [-0.39, 0.29) is 43.9 Å². The lowest BCUT2D eigenvalue weighted by atomic mass is 9.85. The van der Waals surface area contributed by atoms with Gasteiger partial charge in [0.1, 0.15) is 31.5 Å². The molecule has 0 amide bonds. The van der Waals surface area contributed by atoms with Crippen molar-refractivity contribution in [3.05, 3.63) is 92.7 Å². The lowest BCUT2D eigenvalue weighted by Gasteiger charge is -2.51. The zero-order valence-corrected chi connectivity index (χ0v) is 39.6. The maximum absolute atomic E-state index is 12.3. The number of hydrogen-bond donors (Lipinski definition) is 1. The van der Waals surface area contributed by atoms with Crippen LogP contribution in [0.2, 0.25) is 0 Å². The first-order valence-electron chi connectivity index (χ1n) is 23.0. The van der Waals surface area contributed by atoms with E-state index in [1.54, 1.807) is 13.8 Å². The fourth-order valence-corrected chi connectivity index (χ4v) is 9.43. The van der Waals surface area contributed by atoms with Crippen LogP contribution in [-0.4, -0.2) is 122 Å². The molecule has 2 aromatic carbocycles. The van der Waals surface area contributed by atoms with E-state index in [0.717, 1.165) is 11.1 Å². The summed E-state index contributed by atoms with van der Waals surface area (Å²) in [5.41, 5.74) is 21.2. The highest BCUT2D eigenvalue weighted by atomic mass is 16.8. The summed E-state index contributed by atoms with van der Waals surface area (Å²) in [5.74, 6) is -3.04. The van der Waals surface area contributed by atoms with E-state index in [9.17, 15) is 25.8 Å². The van der Waals surface area contributed by atoms with E-state index in [1.807, 2.05) is 88.4 Å². The van der Waals surface area contributed by atoms with Crippen molar-refractivity contribution >= 4 is 11.9 Å². The van der Waals surface area contributed by atoms with E-state index in [1.165, 1.54) is 13.8 Å². The quantitative estimate of drug-likeness (QED) is 0.0690. The van der Waals surface area contributed by atoms with Crippen LogP contribution in [0.15, 0.2) is 70.9 Å². The average Bonchev–Trinajstić information content (AvgIpc) is 3.30. The van der Waals surface area contributed by atoms with Crippen LogP contribution in [0.25, 0.3) is 20.9 Å². The lowest BCUT2D eigenvalue weighted by molar-refractivity contribution is -0.360. The monoisotopic (exact) mass is 938 g/mol. The van der Waals surface area contributed by atoms with E-state index in [4.69, 9.17) is 52.1 Å². The Kier molecular flexibility index (Phi) is 18.8. The molecule has 2 aromatic rings. The van der Waals surface area contributed by atoms with Crippen molar-refractivity contribution in [2.24, 2.45) is 39.8 Å². The summed E-state index contributed by atoms with van der Waals surface area (Å²) in [6.07, 6.45) is -10.8. The molecule has 1 N–H and O–H groups in total. The van der Waals surface area contributed by atoms with Crippen LogP contribution in [0.1, 0.15) is 73.4 Å². The number of rotatable bonds is 18. The number of benzene rings is 2. The topological polar surface area (TPSA) is 253 Å². The van der Waals surface area contributed by atoms with Crippen molar-refractivity contribution in [2.75, 3.05) is 13.2 Å². The fourth-order valence-electron chi connectivity index (χ4n) is 9.43. The second-order valence-electron chi connectivity index (χ2n) is 18.1. The molecule has 4 aliphatic rings. The zero-order valence-electron chi connectivity index (χ0n) is 39.6. The Morgan fingerprint density at radius 3 is 1.52 bits per heavy atom. The number of esters is 2. The van der Waals surface area contributed by atoms with Gasteiger partial charge in [-0.2, -0.15) is 0 Å². The van der Waals surface area contributed by atoms with Gasteiger partial charge in [-0.1, -0.05) is 106 Å². The van der Waals surface area contributed by atoms with Crippen LogP contribution >= 0.6 is 0 Å². The van der Waals surface area contributed by atoms with E-state index < -0.39 is 110 Å². The molecule has 0 spiro atoms. The largest absolute Gasteiger partial charge is 0.463 e. The molecule has 4 saturated heterocycles. The summed E-state index contributed by atoms with van der Waals surface area (Å²) in [6.45, 7) is 16.0. The Morgan fingerprint density at radius 2 is 1.00 bits per heavy atom. The minimum absolute atomic E-state index is 0.0393. The van der Waals surface area contributed by atoms with Gasteiger partial charge in [-0.05, 0) is 47.9 Å². The number of carbonyl (C=O) groups is 2. The number of hydrogen-bond acceptors (Lipinski definition) is 16. The number of azide groups is 2. The molecule has 9 unspecified atom stereocenters. The number of ether oxygens (including phenoxy) is 11. The van der Waals surface area contributed by atoms with Gasteiger partial charge >= 0.3 is 11.9 Å². The van der Waals surface area contributed by atoms with Crippen LogP contribution in [0.4, 0.5) is 0 Å². The Hall–Kier alpha value is -4.40. The smallest absolute Gasteiger partial charge is 0.302 e. The summed E-state index contributed by atoms with van der Waals surface area (Å²) < 4.78 is 69.9. The lowest BCUT2D eigenvalue weighted by Crippen LogP contribution is -2.63. The Morgan fingerprint density at radius 1 is 0.552 bits per heavy atom. The molecule has 0 saturated carbocycles. The number of aliphatic hydroxyl groups is 1. The Bertz CT molecular complexity index is 2000. The second kappa shape index (κ2) is 24.2. The summed E-state index contributed by atoms with van der Waals surface area (Å²) in [7, 11) is 0. The predicted molar refractivity (Wildman–Crippen MR) is 238 cm³/mol. The first kappa shape index (κ1) is 52.0. The highest BCUT2D eigenvalue weighted by molar-refractivity contribution is 5.66. The van der Waals surface area contributed by atoms with Gasteiger partial charge in [0, 0.05) is 41.4 Å². The second-order valence-corrected chi connectivity index (χ2v) is 18.1. The van der Waals surface area contributed by atoms with Gasteiger partial charge in [-0.15, -0.1) is 0 Å². The van der Waals surface area contributed by atoms with Crippen molar-refractivity contribution in [2.45, 2.75) is 168 Å². The molecule has 368 valence electrons. The number of aliphatic hydroxyl groups excluding tert-OH is 1. The van der Waals surface area contributed by atoms with Crippen LogP contribution in [0, 0.1) is 29.6 Å². The summed E-state index contributed by atoms with van der Waals surface area (Å²) in [4.78, 5) is 30.2. The molecule has 0 aliphatic carbocycles.